The van der Waals surface area contributed by atoms with Crippen molar-refractivity contribution in [3.63, 3.8) is 0 Å². The molecule has 3 nitrogen and oxygen atoms in total. The van der Waals surface area contributed by atoms with E-state index in [9.17, 15) is 9.90 Å². The zero-order valence-electron chi connectivity index (χ0n) is 11.3. The van der Waals surface area contributed by atoms with Gasteiger partial charge < -0.3 is 5.11 Å². The van der Waals surface area contributed by atoms with E-state index in [0.29, 0.717) is 6.54 Å². The largest absolute Gasteiger partial charge is 0.480 e. The van der Waals surface area contributed by atoms with Crippen LogP contribution < -0.4 is 5.32 Å². The molecular formula is C14H25NO2. The van der Waals surface area contributed by atoms with Crippen LogP contribution in [0.25, 0.3) is 0 Å². The SMILES string of the molecule is C=CCNC1(C(=O)O)CCCCC1C(C)(C)C. The summed E-state index contributed by atoms with van der Waals surface area (Å²) in [5.74, 6) is -0.542. The summed E-state index contributed by atoms with van der Waals surface area (Å²) in [5.41, 5.74) is -0.766. The number of carbonyl (C=O) groups is 1. The van der Waals surface area contributed by atoms with E-state index in [-0.39, 0.29) is 11.3 Å². The van der Waals surface area contributed by atoms with Gasteiger partial charge in [0, 0.05) is 6.54 Å². The van der Waals surface area contributed by atoms with Crippen LogP contribution in [-0.4, -0.2) is 23.2 Å². The Balaban J connectivity index is 3.04. The van der Waals surface area contributed by atoms with E-state index in [2.05, 4.69) is 32.7 Å². The van der Waals surface area contributed by atoms with Crippen LogP contribution in [0.3, 0.4) is 0 Å². The van der Waals surface area contributed by atoms with Gasteiger partial charge in [0.2, 0.25) is 0 Å². The third kappa shape index (κ3) is 2.89. The molecule has 1 saturated carbocycles. The number of rotatable bonds is 4. The summed E-state index contributed by atoms with van der Waals surface area (Å²) in [6, 6.07) is 0. The number of carboxylic acid groups (broad SMARTS) is 1. The second kappa shape index (κ2) is 5.21. The fourth-order valence-electron chi connectivity index (χ4n) is 3.14. The van der Waals surface area contributed by atoms with Gasteiger partial charge in [0.15, 0.2) is 0 Å². The molecule has 2 unspecified atom stereocenters. The van der Waals surface area contributed by atoms with Crippen molar-refractivity contribution in [3.8, 4) is 0 Å². The number of nitrogens with one attached hydrogen (secondary N) is 1. The van der Waals surface area contributed by atoms with Crippen LogP contribution in [0, 0.1) is 11.3 Å². The Morgan fingerprint density at radius 2 is 2.18 bits per heavy atom. The quantitative estimate of drug-likeness (QED) is 0.742. The van der Waals surface area contributed by atoms with Gasteiger partial charge in [-0.2, -0.15) is 0 Å². The van der Waals surface area contributed by atoms with Crippen LogP contribution >= 0.6 is 0 Å². The molecule has 0 heterocycles. The smallest absolute Gasteiger partial charge is 0.324 e. The van der Waals surface area contributed by atoms with Gasteiger partial charge in [-0.05, 0) is 24.2 Å². The zero-order chi connectivity index (χ0) is 13.1. The summed E-state index contributed by atoms with van der Waals surface area (Å²) in [7, 11) is 0. The lowest BCUT2D eigenvalue weighted by Gasteiger charge is -2.47. The van der Waals surface area contributed by atoms with Gasteiger partial charge in [0.1, 0.15) is 5.54 Å². The molecule has 1 rings (SSSR count). The van der Waals surface area contributed by atoms with Crippen molar-refractivity contribution < 1.29 is 9.90 Å². The second-order valence-corrected chi connectivity index (χ2v) is 6.11. The lowest BCUT2D eigenvalue weighted by atomic mass is 9.62. The molecule has 1 aliphatic rings. The van der Waals surface area contributed by atoms with Crippen molar-refractivity contribution in [1.82, 2.24) is 5.32 Å². The molecule has 17 heavy (non-hydrogen) atoms. The third-order valence-electron chi connectivity index (χ3n) is 3.90. The van der Waals surface area contributed by atoms with E-state index in [0.717, 1.165) is 25.7 Å². The van der Waals surface area contributed by atoms with Crippen LogP contribution in [0.15, 0.2) is 12.7 Å². The maximum Gasteiger partial charge on any atom is 0.324 e. The standard InChI is InChI=1S/C14H25NO2/c1-5-10-15-14(12(16)17)9-7-6-8-11(14)13(2,3)4/h5,11,15H,1,6-10H2,2-4H3,(H,16,17). The molecule has 2 N–H and O–H groups in total. The van der Waals surface area contributed by atoms with Crippen LogP contribution in [0.5, 0.6) is 0 Å². The maximum absolute atomic E-state index is 11.7. The first-order valence-corrected chi connectivity index (χ1v) is 6.44. The fourth-order valence-corrected chi connectivity index (χ4v) is 3.14. The van der Waals surface area contributed by atoms with Gasteiger partial charge in [0.25, 0.3) is 0 Å². The molecule has 0 radical (unpaired) electrons. The normalized spacial score (nSPS) is 29.9. The average Bonchev–Trinajstić information content (AvgIpc) is 2.25. The predicted molar refractivity (Wildman–Crippen MR) is 70.0 cm³/mol. The average molecular weight is 239 g/mol. The number of hydrogen-bond donors (Lipinski definition) is 2. The molecule has 98 valence electrons. The first-order valence-electron chi connectivity index (χ1n) is 6.44. The highest BCUT2D eigenvalue weighted by molar-refractivity contribution is 5.79. The first kappa shape index (κ1) is 14.2. The summed E-state index contributed by atoms with van der Waals surface area (Å²) in [4.78, 5) is 11.7. The fraction of sp³-hybridized carbons (Fsp3) is 0.786. The molecule has 0 bridgehead atoms. The summed E-state index contributed by atoms with van der Waals surface area (Å²) < 4.78 is 0. The Kier molecular flexibility index (Phi) is 4.36. The molecular weight excluding hydrogens is 214 g/mol. The first-order chi connectivity index (χ1) is 7.84. The summed E-state index contributed by atoms with van der Waals surface area (Å²) in [6.45, 7) is 10.6. The minimum atomic E-state index is -0.773. The van der Waals surface area contributed by atoms with E-state index in [1.807, 2.05) is 0 Å². The molecule has 0 saturated heterocycles. The highest BCUT2D eigenvalue weighted by atomic mass is 16.4. The predicted octanol–water partition coefficient (Wildman–Crippen LogP) is 2.82. The van der Waals surface area contributed by atoms with Gasteiger partial charge in [0.05, 0.1) is 0 Å². The Bertz CT molecular complexity index is 293. The molecule has 2 atom stereocenters. The molecule has 0 aromatic heterocycles. The van der Waals surface area contributed by atoms with Crippen molar-refractivity contribution in [2.24, 2.45) is 11.3 Å². The topological polar surface area (TPSA) is 49.3 Å². The van der Waals surface area contributed by atoms with Crippen molar-refractivity contribution >= 4 is 5.97 Å². The minimum absolute atomic E-state index is 0.00692. The Labute approximate surface area is 104 Å². The Morgan fingerprint density at radius 1 is 1.53 bits per heavy atom. The van der Waals surface area contributed by atoms with Crippen molar-refractivity contribution in [2.45, 2.75) is 52.0 Å². The van der Waals surface area contributed by atoms with Gasteiger partial charge in [-0.3, -0.25) is 10.1 Å². The molecule has 1 fully saturated rings. The van der Waals surface area contributed by atoms with Gasteiger partial charge >= 0.3 is 5.97 Å². The van der Waals surface area contributed by atoms with Crippen molar-refractivity contribution in [3.05, 3.63) is 12.7 Å². The van der Waals surface area contributed by atoms with Gasteiger partial charge in [-0.15, -0.1) is 6.58 Å². The summed E-state index contributed by atoms with van der Waals surface area (Å²) in [5, 5.41) is 12.9. The third-order valence-corrected chi connectivity index (χ3v) is 3.90. The van der Waals surface area contributed by atoms with Crippen LogP contribution in [0.1, 0.15) is 46.5 Å². The molecule has 1 aliphatic carbocycles. The Morgan fingerprint density at radius 3 is 2.65 bits per heavy atom. The van der Waals surface area contributed by atoms with E-state index in [1.54, 1.807) is 6.08 Å². The molecule has 0 aromatic carbocycles. The molecule has 0 aliphatic heterocycles. The monoisotopic (exact) mass is 239 g/mol. The van der Waals surface area contributed by atoms with E-state index < -0.39 is 11.5 Å². The molecule has 3 heteroatoms. The van der Waals surface area contributed by atoms with E-state index in [4.69, 9.17) is 0 Å². The lowest BCUT2D eigenvalue weighted by Crippen LogP contribution is -2.61. The maximum atomic E-state index is 11.7. The van der Waals surface area contributed by atoms with Crippen LogP contribution in [-0.2, 0) is 4.79 Å². The second-order valence-electron chi connectivity index (χ2n) is 6.11. The molecule has 0 aromatic rings. The minimum Gasteiger partial charge on any atom is -0.480 e. The number of aliphatic carboxylic acids is 1. The van der Waals surface area contributed by atoms with Gasteiger partial charge in [-0.25, -0.2) is 0 Å². The number of carboxylic acids is 1. The van der Waals surface area contributed by atoms with Crippen molar-refractivity contribution in [1.29, 1.82) is 0 Å². The summed E-state index contributed by atoms with van der Waals surface area (Å²) >= 11 is 0. The van der Waals surface area contributed by atoms with E-state index >= 15 is 0 Å². The van der Waals surface area contributed by atoms with E-state index in [1.165, 1.54) is 0 Å². The van der Waals surface area contributed by atoms with Crippen LogP contribution in [0.4, 0.5) is 0 Å². The van der Waals surface area contributed by atoms with Gasteiger partial charge in [-0.1, -0.05) is 39.7 Å². The molecule has 0 amide bonds. The molecule has 0 spiro atoms. The highest BCUT2D eigenvalue weighted by Crippen LogP contribution is 2.44. The highest BCUT2D eigenvalue weighted by Gasteiger charge is 2.50. The lowest BCUT2D eigenvalue weighted by molar-refractivity contribution is -0.152. The Hall–Kier alpha value is -0.830. The van der Waals surface area contributed by atoms with Crippen LogP contribution in [0.2, 0.25) is 0 Å². The van der Waals surface area contributed by atoms with Crippen molar-refractivity contribution in [2.75, 3.05) is 6.54 Å². The zero-order valence-corrected chi connectivity index (χ0v) is 11.3. The summed E-state index contributed by atoms with van der Waals surface area (Å²) in [6.07, 6.45) is 5.56. The number of hydrogen-bond acceptors (Lipinski definition) is 2.